The summed E-state index contributed by atoms with van der Waals surface area (Å²) in [4.78, 5) is 17.7. The Morgan fingerprint density at radius 2 is 1.92 bits per heavy atom. The van der Waals surface area contributed by atoms with Gasteiger partial charge in [-0.25, -0.2) is 9.78 Å². The molecule has 2 rings (SSSR count). The minimum Gasteiger partial charge on any atom is -0.443 e. The molecule has 0 radical (unpaired) electrons. The van der Waals surface area contributed by atoms with Crippen molar-refractivity contribution in [2.24, 2.45) is 0 Å². The van der Waals surface area contributed by atoms with Crippen LogP contribution in [0.25, 0.3) is 0 Å². The van der Waals surface area contributed by atoms with Crippen molar-refractivity contribution in [1.29, 1.82) is 0 Å². The number of hydrogen-bond acceptors (Lipinski definition) is 5. The van der Waals surface area contributed by atoms with E-state index in [-0.39, 0.29) is 0 Å². The second kappa shape index (κ2) is 6.78. The molecule has 6 heteroatoms. The van der Waals surface area contributed by atoms with Crippen LogP contribution >= 0.6 is 0 Å². The molecule has 6 nitrogen and oxygen atoms in total. The van der Waals surface area contributed by atoms with E-state index in [4.69, 9.17) is 15.2 Å². The molecule has 0 saturated heterocycles. The van der Waals surface area contributed by atoms with Crippen LogP contribution in [0.4, 0.5) is 16.2 Å². The molecule has 0 saturated carbocycles. The van der Waals surface area contributed by atoms with Crippen molar-refractivity contribution in [2.45, 2.75) is 33.3 Å². The van der Waals surface area contributed by atoms with Crippen molar-refractivity contribution < 1.29 is 14.3 Å². The van der Waals surface area contributed by atoms with Crippen LogP contribution in [-0.2, 0) is 4.74 Å². The van der Waals surface area contributed by atoms with E-state index in [0.717, 1.165) is 11.3 Å². The van der Waals surface area contributed by atoms with Crippen molar-refractivity contribution >= 4 is 17.5 Å². The number of carbonyl (C=O) groups is 1. The number of aryl methyl sites for hydroxylation is 1. The normalized spacial score (nSPS) is 11.0. The van der Waals surface area contributed by atoms with Gasteiger partial charge in [-0.05, 0) is 57.5 Å². The monoisotopic (exact) mass is 329 g/mol. The van der Waals surface area contributed by atoms with E-state index in [1.54, 1.807) is 31.3 Å². The van der Waals surface area contributed by atoms with Crippen LogP contribution in [0.15, 0.2) is 36.5 Å². The van der Waals surface area contributed by atoms with Crippen LogP contribution in [0.5, 0.6) is 11.6 Å². The van der Waals surface area contributed by atoms with E-state index in [1.165, 1.54) is 11.1 Å². The lowest BCUT2D eigenvalue weighted by molar-refractivity contribution is 0.0589. The highest BCUT2D eigenvalue weighted by atomic mass is 16.6. The molecule has 0 spiro atoms. The lowest BCUT2D eigenvalue weighted by Crippen LogP contribution is -2.34. The average Bonchev–Trinajstić information content (AvgIpc) is 2.49. The third kappa shape index (κ3) is 4.62. The molecule has 0 aliphatic carbocycles. The Balaban J connectivity index is 2.14. The molecular formula is C18H23N3O3. The lowest BCUT2D eigenvalue weighted by atomic mass is 10.2. The molecule has 0 aliphatic rings. The molecule has 0 atom stereocenters. The molecule has 0 bridgehead atoms. The van der Waals surface area contributed by atoms with Crippen molar-refractivity contribution in [1.82, 2.24) is 4.98 Å². The standard InChI is InChI=1S/C18H23N3O3/c1-12-10-14(21(5)17(22)24-18(2,3)4)7-8-15(12)23-16-9-6-13(19)11-20-16/h6-11H,19H2,1-5H3. The zero-order valence-electron chi connectivity index (χ0n) is 14.7. The molecular weight excluding hydrogens is 306 g/mol. The first-order chi connectivity index (χ1) is 11.2. The third-order valence-electron chi connectivity index (χ3n) is 3.19. The fraction of sp³-hybridized carbons (Fsp3) is 0.333. The van der Waals surface area contributed by atoms with Gasteiger partial charge in [0.15, 0.2) is 0 Å². The summed E-state index contributed by atoms with van der Waals surface area (Å²) in [5, 5.41) is 0. The molecule has 1 heterocycles. The van der Waals surface area contributed by atoms with Crippen LogP contribution in [0.3, 0.4) is 0 Å². The number of rotatable bonds is 3. The molecule has 24 heavy (non-hydrogen) atoms. The minimum absolute atomic E-state index is 0.407. The van der Waals surface area contributed by atoms with E-state index < -0.39 is 11.7 Å². The van der Waals surface area contributed by atoms with E-state index in [0.29, 0.717) is 17.3 Å². The maximum Gasteiger partial charge on any atom is 0.414 e. The molecule has 0 aliphatic heterocycles. The molecule has 0 fully saturated rings. The van der Waals surface area contributed by atoms with Gasteiger partial charge in [-0.15, -0.1) is 0 Å². The second-order valence-corrected chi connectivity index (χ2v) is 6.52. The van der Waals surface area contributed by atoms with Gasteiger partial charge >= 0.3 is 6.09 Å². The first-order valence-electron chi connectivity index (χ1n) is 7.62. The van der Waals surface area contributed by atoms with Gasteiger partial charge in [0.25, 0.3) is 0 Å². The fourth-order valence-electron chi connectivity index (χ4n) is 1.96. The highest BCUT2D eigenvalue weighted by Crippen LogP contribution is 2.28. The molecule has 1 aromatic carbocycles. The summed E-state index contributed by atoms with van der Waals surface area (Å²) in [7, 11) is 1.67. The maximum absolute atomic E-state index is 12.1. The van der Waals surface area contributed by atoms with Crippen LogP contribution in [-0.4, -0.2) is 23.7 Å². The summed E-state index contributed by atoms with van der Waals surface area (Å²) in [6.45, 7) is 7.40. The number of pyridine rings is 1. The number of hydrogen-bond donors (Lipinski definition) is 1. The van der Waals surface area contributed by atoms with Crippen molar-refractivity contribution in [2.75, 3.05) is 17.7 Å². The summed E-state index contributed by atoms with van der Waals surface area (Å²) >= 11 is 0. The van der Waals surface area contributed by atoms with Crippen molar-refractivity contribution in [3.63, 3.8) is 0 Å². The van der Waals surface area contributed by atoms with Gasteiger partial charge in [-0.3, -0.25) is 4.90 Å². The summed E-state index contributed by atoms with van der Waals surface area (Å²) < 4.78 is 11.1. The van der Waals surface area contributed by atoms with E-state index in [1.807, 2.05) is 33.8 Å². The molecule has 2 aromatic rings. The quantitative estimate of drug-likeness (QED) is 0.916. The van der Waals surface area contributed by atoms with Crippen molar-refractivity contribution in [3.05, 3.63) is 42.1 Å². The topological polar surface area (TPSA) is 77.7 Å². The van der Waals surface area contributed by atoms with Gasteiger partial charge in [0.1, 0.15) is 11.4 Å². The van der Waals surface area contributed by atoms with Gasteiger partial charge in [0, 0.05) is 18.8 Å². The third-order valence-corrected chi connectivity index (χ3v) is 3.19. The highest BCUT2D eigenvalue weighted by Gasteiger charge is 2.21. The molecule has 1 amide bonds. The van der Waals surface area contributed by atoms with Crippen LogP contribution in [0, 0.1) is 6.92 Å². The Labute approximate surface area is 142 Å². The predicted octanol–water partition coefficient (Wildman–Crippen LogP) is 4.14. The first-order valence-corrected chi connectivity index (χ1v) is 7.62. The predicted molar refractivity (Wildman–Crippen MR) is 94.5 cm³/mol. The SMILES string of the molecule is Cc1cc(N(C)C(=O)OC(C)(C)C)ccc1Oc1ccc(N)cn1. The number of benzene rings is 1. The molecule has 1 aromatic heterocycles. The highest BCUT2D eigenvalue weighted by molar-refractivity contribution is 5.87. The van der Waals surface area contributed by atoms with Crippen LogP contribution < -0.4 is 15.4 Å². The van der Waals surface area contributed by atoms with E-state index in [2.05, 4.69) is 4.98 Å². The number of nitrogens with zero attached hydrogens (tertiary/aromatic N) is 2. The summed E-state index contributed by atoms with van der Waals surface area (Å²) in [6.07, 6.45) is 1.13. The number of amides is 1. The number of aromatic nitrogens is 1. The second-order valence-electron chi connectivity index (χ2n) is 6.52. The van der Waals surface area contributed by atoms with E-state index in [9.17, 15) is 4.79 Å². The molecule has 0 unspecified atom stereocenters. The number of nitrogen functional groups attached to an aromatic ring is 1. The summed E-state index contributed by atoms with van der Waals surface area (Å²) in [6, 6.07) is 8.88. The first kappa shape index (κ1) is 17.6. The Morgan fingerprint density at radius 3 is 2.46 bits per heavy atom. The molecule has 128 valence electrons. The zero-order chi connectivity index (χ0) is 17.9. The Morgan fingerprint density at radius 1 is 1.21 bits per heavy atom. The van der Waals surface area contributed by atoms with Crippen LogP contribution in [0.1, 0.15) is 26.3 Å². The number of carbonyl (C=O) groups excluding carboxylic acids is 1. The Bertz CT molecular complexity index is 721. The Kier molecular flexibility index (Phi) is 4.97. The number of ether oxygens (including phenoxy) is 2. The van der Waals surface area contributed by atoms with Crippen molar-refractivity contribution in [3.8, 4) is 11.6 Å². The van der Waals surface area contributed by atoms with Gasteiger partial charge < -0.3 is 15.2 Å². The van der Waals surface area contributed by atoms with Crippen LogP contribution in [0.2, 0.25) is 0 Å². The van der Waals surface area contributed by atoms with Gasteiger partial charge in [-0.2, -0.15) is 0 Å². The fourth-order valence-corrected chi connectivity index (χ4v) is 1.96. The number of anilines is 2. The number of nitrogens with two attached hydrogens (primary N) is 1. The zero-order valence-corrected chi connectivity index (χ0v) is 14.7. The lowest BCUT2D eigenvalue weighted by Gasteiger charge is -2.25. The Hall–Kier alpha value is -2.76. The van der Waals surface area contributed by atoms with Gasteiger partial charge in [0.2, 0.25) is 5.88 Å². The van der Waals surface area contributed by atoms with Gasteiger partial charge in [0.05, 0.1) is 11.9 Å². The van der Waals surface area contributed by atoms with E-state index >= 15 is 0 Å². The smallest absolute Gasteiger partial charge is 0.414 e. The summed E-state index contributed by atoms with van der Waals surface area (Å²) in [5.41, 5.74) is 7.25. The van der Waals surface area contributed by atoms with Gasteiger partial charge in [-0.1, -0.05) is 0 Å². The summed E-state index contributed by atoms with van der Waals surface area (Å²) in [5.74, 6) is 1.12. The average molecular weight is 329 g/mol. The minimum atomic E-state index is -0.537. The molecule has 2 N–H and O–H groups in total. The maximum atomic E-state index is 12.1. The largest absolute Gasteiger partial charge is 0.443 e.